The number of carboxylic acid groups (broad SMARTS) is 1. The van der Waals surface area contributed by atoms with Crippen molar-refractivity contribution in [2.45, 2.75) is 0 Å². The van der Waals surface area contributed by atoms with Gasteiger partial charge in [0.25, 0.3) is 5.91 Å². The molecule has 0 aliphatic carbocycles. The number of carbonyl (C=O) groups is 2. The number of hydrogen-bond donors (Lipinski definition) is 2. The smallest absolute Gasteiger partial charge is 0.348 e. The fraction of sp³-hybridized carbons (Fsp3) is 0. The van der Waals surface area contributed by atoms with Crippen molar-refractivity contribution < 1.29 is 14.7 Å². The standard InChI is InChI=1S/C13H8N2O3S/c14-7-8-2-1-3-9(6-8)12(16)15-10-4-5-19-11(10)13(17)18/h1-6H,(H,15,16)(H,17,18). The van der Waals surface area contributed by atoms with Crippen LogP contribution in [0.15, 0.2) is 35.7 Å². The molecule has 19 heavy (non-hydrogen) atoms. The van der Waals surface area contributed by atoms with E-state index < -0.39 is 11.9 Å². The molecular weight excluding hydrogens is 264 g/mol. The Morgan fingerprint density at radius 1 is 1.32 bits per heavy atom. The summed E-state index contributed by atoms with van der Waals surface area (Å²) >= 11 is 1.04. The van der Waals surface area contributed by atoms with E-state index in [0.717, 1.165) is 11.3 Å². The van der Waals surface area contributed by atoms with Gasteiger partial charge in [-0.05, 0) is 29.6 Å². The molecule has 2 aromatic rings. The second kappa shape index (κ2) is 5.33. The summed E-state index contributed by atoms with van der Waals surface area (Å²) in [4.78, 5) is 22.9. The number of rotatable bonds is 3. The van der Waals surface area contributed by atoms with Gasteiger partial charge in [0, 0.05) is 5.56 Å². The molecule has 6 heteroatoms. The molecule has 5 nitrogen and oxygen atoms in total. The van der Waals surface area contributed by atoms with Crippen molar-refractivity contribution in [1.29, 1.82) is 5.26 Å². The lowest BCUT2D eigenvalue weighted by molar-refractivity contribution is 0.0703. The van der Waals surface area contributed by atoms with Crippen molar-refractivity contribution in [3.8, 4) is 6.07 Å². The zero-order chi connectivity index (χ0) is 13.8. The molecule has 0 radical (unpaired) electrons. The van der Waals surface area contributed by atoms with Crippen molar-refractivity contribution in [3.05, 3.63) is 51.7 Å². The Balaban J connectivity index is 2.24. The van der Waals surface area contributed by atoms with Gasteiger partial charge in [-0.2, -0.15) is 5.26 Å². The topological polar surface area (TPSA) is 90.2 Å². The molecule has 0 atom stereocenters. The molecule has 0 saturated heterocycles. The van der Waals surface area contributed by atoms with Crippen molar-refractivity contribution in [1.82, 2.24) is 0 Å². The number of aromatic carboxylic acids is 1. The van der Waals surface area contributed by atoms with Crippen LogP contribution in [0.4, 0.5) is 5.69 Å². The van der Waals surface area contributed by atoms with E-state index in [2.05, 4.69) is 5.32 Å². The molecular formula is C13H8N2O3S. The van der Waals surface area contributed by atoms with Gasteiger partial charge in [-0.3, -0.25) is 4.79 Å². The van der Waals surface area contributed by atoms with Gasteiger partial charge in [0.05, 0.1) is 17.3 Å². The monoisotopic (exact) mass is 272 g/mol. The summed E-state index contributed by atoms with van der Waals surface area (Å²) in [6, 6.07) is 9.66. The van der Waals surface area contributed by atoms with E-state index in [1.165, 1.54) is 12.1 Å². The molecule has 2 rings (SSSR count). The number of nitriles is 1. The summed E-state index contributed by atoms with van der Waals surface area (Å²) < 4.78 is 0. The average molecular weight is 272 g/mol. The lowest BCUT2D eigenvalue weighted by Gasteiger charge is -2.04. The van der Waals surface area contributed by atoms with Crippen LogP contribution >= 0.6 is 11.3 Å². The summed E-state index contributed by atoms with van der Waals surface area (Å²) in [5, 5.41) is 21.8. The van der Waals surface area contributed by atoms with E-state index in [1.54, 1.807) is 23.6 Å². The Hall–Kier alpha value is -2.65. The average Bonchev–Trinajstić information content (AvgIpc) is 2.87. The maximum absolute atomic E-state index is 11.9. The summed E-state index contributed by atoms with van der Waals surface area (Å²) in [7, 11) is 0. The molecule has 1 amide bonds. The van der Waals surface area contributed by atoms with Gasteiger partial charge in [0.2, 0.25) is 0 Å². The fourth-order valence-electron chi connectivity index (χ4n) is 1.50. The maximum atomic E-state index is 11.9. The Kier molecular flexibility index (Phi) is 3.59. The van der Waals surface area contributed by atoms with E-state index in [0.29, 0.717) is 11.1 Å². The van der Waals surface area contributed by atoms with Crippen molar-refractivity contribution >= 4 is 28.9 Å². The van der Waals surface area contributed by atoms with E-state index >= 15 is 0 Å². The normalized spacial score (nSPS) is 9.63. The number of nitrogens with zero attached hydrogens (tertiary/aromatic N) is 1. The van der Waals surface area contributed by atoms with Crippen LogP contribution in [0.5, 0.6) is 0 Å². The highest BCUT2D eigenvalue weighted by molar-refractivity contribution is 7.12. The zero-order valence-electron chi connectivity index (χ0n) is 9.58. The second-order valence-corrected chi connectivity index (χ2v) is 4.53. The van der Waals surface area contributed by atoms with Crippen molar-refractivity contribution in [3.63, 3.8) is 0 Å². The molecule has 0 unspecified atom stereocenters. The Morgan fingerprint density at radius 2 is 2.11 bits per heavy atom. The number of benzene rings is 1. The summed E-state index contributed by atoms with van der Waals surface area (Å²) in [5.41, 5.74) is 0.933. The van der Waals surface area contributed by atoms with Crippen molar-refractivity contribution in [2.24, 2.45) is 0 Å². The second-order valence-electron chi connectivity index (χ2n) is 3.62. The lowest BCUT2D eigenvalue weighted by Crippen LogP contribution is -2.13. The van der Waals surface area contributed by atoms with Crippen molar-refractivity contribution in [2.75, 3.05) is 5.32 Å². The summed E-state index contributed by atoms with van der Waals surface area (Å²) in [6.07, 6.45) is 0. The first-order valence-corrected chi connectivity index (χ1v) is 6.12. The van der Waals surface area contributed by atoms with Gasteiger partial charge in [-0.1, -0.05) is 6.07 Å². The van der Waals surface area contributed by atoms with Gasteiger partial charge in [-0.25, -0.2) is 4.79 Å². The summed E-state index contributed by atoms with van der Waals surface area (Å²) in [5.74, 6) is -1.53. The minimum Gasteiger partial charge on any atom is -0.477 e. The van der Waals surface area contributed by atoms with Crippen LogP contribution in [0.3, 0.4) is 0 Å². The fourth-order valence-corrected chi connectivity index (χ4v) is 2.18. The lowest BCUT2D eigenvalue weighted by atomic mass is 10.1. The number of nitrogens with one attached hydrogen (secondary N) is 1. The number of carbonyl (C=O) groups excluding carboxylic acids is 1. The molecule has 2 N–H and O–H groups in total. The Bertz CT molecular complexity index is 685. The maximum Gasteiger partial charge on any atom is 0.348 e. The highest BCUT2D eigenvalue weighted by atomic mass is 32.1. The predicted molar refractivity (Wildman–Crippen MR) is 70.4 cm³/mol. The van der Waals surface area contributed by atoms with E-state index in [4.69, 9.17) is 10.4 Å². The van der Waals surface area contributed by atoms with Gasteiger partial charge >= 0.3 is 5.97 Å². The van der Waals surface area contributed by atoms with E-state index in [9.17, 15) is 9.59 Å². The number of amides is 1. The number of thiophene rings is 1. The molecule has 0 aliphatic heterocycles. The van der Waals surface area contributed by atoms with E-state index in [1.807, 2.05) is 6.07 Å². The molecule has 1 aromatic carbocycles. The minimum absolute atomic E-state index is 0.0739. The van der Waals surface area contributed by atoms with Crippen LogP contribution < -0.4 is 5.32 Å². The first-order valence-electron chi connectivity index (χ1n) is 5.24. The first kappa shape index (κ1) is 12.8. The number of hydrogen-bond acceptors (Lipinski definition) is 4. The highest BCUT2D eigenvalue weighted by Gasteiger charge is 2.15. The van der Waals surface area contributed by atoms with Gasteiger partial charge in [0.1, 0.15) is 4.88 Å². The molecule has 0 bridgehead atoms. The van der Waals surface area contributed by atoms with Gasteiger partial charge in [0.15, 0.2) is 0 Å². The summed E-state index contributed by atoms with van der Waals surface area (Å²) in [6.45, 7) is 0. The zero-order valence-corrected chi connectivity index (χ0v) is 10.4. The quantitative estimate of drug-likeness (QED) is 0.898. The van der Waals surface area contributed by atoms with Crippen LogP contribution in [0.2, 0.25) is 0 Å². The largest absolute Gasteiger partial charge is 0.477 e. The molecule has 0 spiro atoms. The number of anilines is 1. The molecule has 1 heterocycles. The molecule has 0 fully saturated rings. The third-order valence-corrected chi connectivity index (χ3v) is 3.26. The van der Waals surface area contributed by atoms with E-state index in [-0.39, 0.29) is 10.6 Å². The van der Waals surface area contributed by atoms with Crippen LogP contribution in [0.25, 0.3) is 0 Å². The van der Waals surface area contributed by atoms with Crippen LogP contribution in [-0.2, 0) is 0 Å². The third-order valence-electron chi connectivity index (χ3n) is 2.36. The number of carboxylic acids is 1. The Labute approximate surface area is 112 Å². The van der Waals surface area contributed by atoms with Crippen LogP contribution in [0, 0.1) is 11.3 Å². The SMILES string of the molecule is N#Cc1cccc(C(=O)Nc2ccsc2C(=O)O)c1. The highest BCUT2D eigenvalue weighted by Crippen LogP contribution is 2.22. The Morgan fingerprint density at radius 3 is 2.79 bits per heavy atom. The molecule has 0 aliphatic rings. The van der Waals surface area contributed by atoms with Crippen LogP contribution in [-0.4, -0.2) is 17.0 Å². The molecule has 94 valence electrons. The van der Waals surface area contributed by atoms with Crippen LogP contribution in [0.1, 0.15) is 25.6 Å². The van der Waals surface area contributed by atoms with Gasteiger partial charge in [-0.15, -0.1) is 11.3 Å². The predicted octanol–water partition coefficient (Wildman–Crippen LogP) is 2.57. The van der Waals surface area contributed by atoms with Gasteiger partial charge < -0.3 is 10.4 Å². The third kappa shape index (κ3) is 2.78. The minimum atomic E-state index is -1.09. The molecule has 1 aromatic heterocycles. The first-order chi connectivity index (χ1) is 9.11. The molecule has 0 saturated carbocycles.